The fourth-order valence-electron chi connectivity index (χ4n) is 3.11. The Balaban J connectivity index is 1.49. The van der Waals surface area contributed by atoms with E-state index in [2.05, 4.69) is 44.5 Å². The molecule has 0 spiro atoms. The second kappa shape index (κ2) is 10.1. The minimum absolute atomic E-state index is 0.293. The molecule has 146 valence electrons. The molecule has 3 rings (SSSR count). The van der Waals surface area contributed by atoms with Gasteiger partial charge in [0.25, 0.3) is 0 Å². The van der Waals surface area contributed by atoms with Crippen molar-refractivity contribution in [1.29, 1.82) is 0 Å². The molecule has 3 N–H and O–H groups in total. The Kier molecular flexibility index (Phi) is 7.24. The van der Waals surface area contributed by atoms with Crippen LogP contribution in [-0.2, 0) is 17.7 Å². The predicted molar refractivity (Wildman–Crippen MR) is 107 cm³/mol. The summed E-state index contributed by atoms with van der Waals surface area (Å²) in [5, 5.41) is 3.26. The van der Waals surface area contributed by atoms with Gasteiger partial charge >= 0.3 is 6.01 Å². The Morgan fingerprint density at radius 3 is 2.59 bits per heavy atom. The highest BCUT2D eigenvalue weighted by Crippen LogP contribution is 2.18. The van der Waals surface area contributed by atoms with Gasteiger partial charge in [-0.15, -0.1) is 0 Å². The fraction of sp³-hybridized carbons (Fsp3) is 0.500. The van der Waals surface area contributed by atoms with Crippen molar-refractivity contribution < 1.29 is 9.47 Å². The number of benzene rings is 1. The zero-order chi connectivity index (χ0) is 18.9. The molecule has 0 amide bonds. The van der Waals surface area contributed by atoms with Crippen LogP contribution in [0.15, 0.2) is 30.5 Å². The molecule has 0 aliphatic carbocycles. The maximum atomic E-state index is 5.96. The van der Waals surface area contributed by atoms with Gasteiger partial charge in [0.1, 0.15) is 6.61 Å². The van der Waals surface area contributed by atoms with E-state index in [-0.39, 0.29) is 0 Å². The first-order chi connectivity index (χ1) is 13.2. The lowest BCUT2D eigenvalue weighted by Crippen LogP contribution is -2.21. The number of hydrogen-bond donors (Lipinski definition) is 2. The summed E-state index contributed by atoms with van der Waals surface area (Å²) in [4.78, 5) is 10.9. The molecular formula is C20H29N5O2. The van der Waals surface area contributed by atoms with E-state index in [1.165, 1.54) is 37.1 Å². The molecule has 1 fully saturated rings. The molecule has 27 heavy (non-hydrogen) atoms. The van der Waals surface area contributed by atoms with E-state index in [4.69, 9.17) is 15.2 Å². The van der Waals surface area contributed by atoms with E-state index in [9.17, 15) is 0 Å². The standard InChI is InChI=1S/C20H29N5O2/c1-26-12-13-27-20-23-15-18(21)19(24-20)22-14-17-6-4-16(5-7-17)8-11-25-9-2-3-10-25/h4-7,15H,2-3,8-14,21H2,1H3,(H,22,23,24). The van der Waals surface area contributed by atoms with Gasteiger partial charge in [-0.2, -0.15) is 4.98 Å². The molecule has 0 saturated carbocycles. The molecule has 2 heterocycles. The van der Waals surface area contributed by atoms with Crippen LogP contribution in [0.25, 0.3) is 0 Å². The molecule has 7 nitrogen and oxygen atoms in total. The maximum Gasteiger partial charge on any atom is 0.318 e. The van der Waals surface area contributed by atoms with Crippen molar-refractivity contribution in [3.8, 4) is 6.01 Å². The van der Waals surface area contributed by atoms with Crippen LogP contribution in [0.2, 0.25) is 0 Å². The fourth-order valence-corrected chi connectivity index (χ4v) is 3.11. The molecule has 0 unspecified atom stereocenters. The molecular weight excluding hydrogens is 342 g/mol. The Bertz CT molecular complexity index is 702. The Morgan fingerprint density at radius 1 is 1.11 bits per heavy atom. The van der Waals surface area contributed by atoms with Gasteiger partial charge in [0, 0.05) is 20.2 Å². The van der Waals surface area contributed by atoms with Gasteiger partial charge in [-0.05, 0) is 43.5 Å². The highest BCUT2D eigenvalue weighted by atomic mass is 16.5. The number of nitrogens with one attached hydrogen (secondary N) is 1. The molecule has 7 heteroatoms. The second-order valence-electron chi connectivity index (χ2n) is 6.77. The number of nitrogens with two attached hydrogens (primary N) is 1. The Morgan fingerprint density at radius 2 is 1.85 bits per heavy atom. The molecule has 1 saturated heterocycles. The SMILES string of the molecule is COCCOc1ncc(N)c(NCc2ccc(CCN3CCCC3)cc2)n1. The molecule has 0 radical (unpaired) electrons. The Hall–Kier alpha value is -2.38. The van der Waals surface area contributed by atoms with Crippen molar-refractivity contribution >= 4 is 11.5 Å². The largest absolute Gasteiger partial charge is 0.461 e. The number of hydrogen-bond acceptors (Lipinski definition) is 7. The van der Waals surface area contributed by atoms with Crippen LogP contribution in [0, 0.1) is 0 Å². The van der Waals surface area contributed by atoms with Crippen molar-refractivity contribution in [2.24, 2.45) is 0 Å². The molecule has 1 aliphatic heterocycles. The van der Waals surface area contributed by atoms with Gasteiger partial charge in [0.05, 0.1) is 18.5 Å². The third-order valence-electron chi connectivity index (χ3n) is 4.71. The number of ether oxygens (including phenoxy) is 2. The quantitative estimate of drug-likeness (QED) is 0.620. The maximum absolute atomic E-state index is 5.96. The molecule has 0 atom stereocenters. The van der Waals surface area contributed by atoms with E-state index >= 15 is 0 Å². The summed E-state index contributed by atoms with van der Waals surface area (Å²) in [6.07, 6.45) is 5.35. The van der Waals surface area contributed by atoms with E-state index in [0.717, 1.165) is 13.0 Å². The normalized spacial score (nSPS) is 14.4. The van der Waals surface area contributed by atoms with Gasteiger partial charge in [-0.3, -0.25) is 0 Å². The average molecular weight is 371 g/mol. The first-order valence-corrected chi connectivity index (χ1v) is 9.53. The molecule has 1 aliphatic rings. The summed E-state index contributed by atoms with van der Waals surface area (Å²) in [5.41, 5.74) is 9.01. The van der Waals surface area contributed by atoms with Crippen LogP contribution in [0.3, 0.4) is 0 Å². The summed E-state index contributed by atoms with van der Waals surface area (Å²) < 4.78 is 10.4. The number of nitrogen functional groups attached to an aromatic ring is 1. The monoisotopic (exact) mass is 371 g/mol. The van der Waals surface area contributed by atoms with Crippen molar-refractivity contribution in [3.05, 3.63) is 41.6 Å². The first kappa shape index (κ1) is 19.4. The molecule has 1 aromatic heterocycles. The van der Waals surface area contributed by atoms with Crippen molar-refractivity contribution in [3.63, 3.8) is 0 Å². The van der Waals surface area contributed by atoms with Crippen LogP contribution in [0.5, 0.6) is 6.01 Å². The summed E-state index contributed by atoms with van der Waals surface area (Å²) >= 11 is 0. The van der Waals surface area contributed by atoms with Crippen molar-refractivity contribution in [2.75, 3.05) is 51.0 Å². The van der Waals surface area contributed by atoms with Crippen LogP contribution in [0.1, 0.15) is 24.0 Å². The van der Waals surface area contributed by atoms with E-state index in [1.54, 1.807) is 13.3 Å². The number of aromatic nitrogens is 2. The predicted octanol–water partition coefficient (Wildman–Crippen LogP) is 2.33. The molecule has 1 aromatic carbocycles. The van der Waals surface area contributed by atoms with Gasteiger partial charge in [-0.1, -0.05) is 24.3 Å². The highest BCUT2D eigenvalue weighted by molar-refractivity contribution is 5.60. The number of nitrogens with zero attached hydrogens (tertiary/aromatic N) is 3. The number of anilines is 2. The second-order valence-corrected chi connectivity index (χ2v) is 6.77. The lowest BCUT2D eigenvalue weighted by atomic mass is 10.1. The Labute approximate surface area is 160 Å². The lowest BCUT2D eigenvalue weighted by molar-refractivity contribution is 0.141. The summed E-state index contributed by atoms with van der Waals surface area (Å²) in [6, 6.07) is 9.01. The number of rotatable bonds is 10. The van der Waals surface area contributed by atoms with E-state index in [1.807, 2.05) is 0 Å². The zero-order valence-electron chi connectivity index (χ0n) is 16.0. The minimum Gasteiger partial charge on any atom is -0.461 e. The van der Waals surface area contributed by atoms with Gasteiger partial charge in [0.15, 0.2) is 5.82 Å². The van der Waals surface area contributed by atoms with E-state index < -0.39 is 0 Å². The van der Waals surface area contributed by atoms with Gasteiger partial charge < -0.3 is 25.4 Å². The summed E-state index contributed by atoms with van der Waals surface area (Å²) in [7, 11) is 1.62. The van der Waals surface area contributed by atoms with Gasteiger partial charge in [-0.25, -0.2) is 4.98 Å². The third-order valence-corrected chi connectivity index (χ3v) is 4.71. The lowest BCUT2D eigenvalue weighted by Gasteiger charge is -2.14. The van der Waals surface area contributed by atoms with Crippen LogP contribution < -0.4 is 15.8 Å². The van der Waals surface area contributed by atoms with E-state index in [0.29, 0.717) is 37.3 Å². The third kappa shape index (κ3) is 6.08. The van der Waals surface area contributed by atoms with Gasteiger partial charge in [0.2, 0.25) is 0 Å². The highest BCUT2D eigenvalue weighted by Gasteiger charge is 2.11. The first-order valence-electron chi connectivity index (χ1n) is 9.53. The zero-order valence-corrected chi connectivity index (χ0v) is 16.0. The summed E-state index contributed by atoms with van der Waals surface area (Å²) in [6.45, 7) is 5.18. The van der Waals surface area contributed by atoms with Crippen molar-refractivity contribution in [2.45, 2.75) is 25.8 Å². The van der Waals surface area contributed by atoms with Crippen molar-refractivity contribution in [1.82, 2.24) is 14.9 Å². The topological polar surface area (TPSA) is 85.5 Å². The number of methoxy groups -OCH3 is 1. The smallest absolute Gasteiger partial charge is 0.318 e. The van der Waals surface area contributed by atoms with Crippen LogP contribution in [0.4, 0.5) is 11.5 Å². The van der Waals surface area contributed by atoms with Crippen LogP contribution >= 0.6 is 0 Å². The summed E-state index contributed by atoms with van der Waals surface area (Å²) in [5.74, 6) is 0.579. The minimum atomic E-state index is 0.293. The number of likely N-dealkylation sites (tertiary alicyclic amines) is 1. The molecule has 0 bridgehead atoms. The molecule has 2 aromatic rings. The average Bonchev–Trinajstić information content (AvgIpc) is 3.21. The van der Waals surface area contributed by atoms with Crippen LogP contribution in [-0.4, -0.2) is 54.8 Å².